The van der Waals surface area contributed by atoms with E-state index < -0.39 is 11.7 Å². The van der Waals surface area contributed by atoms with Crippen molar-refractivity contribution in [3.8, 4) is 0 Å². The van der Waals surface area contributed by atoms with E-state index in [1.807, 2.05) is 0 Å². The molecule has 0 heterocycles. The van der Waals surface area contributed by atoms with Crippen molar-refractivity contribution in [2.45, 2.75) is 46.1 Å². The van der Waals surface area contributed by atoms with Gasteiger partial charge in [-0.1, -0.05) is 13.8 Å². The summed E-state index contributed by atoms with van der Waals surface area (Å²) in [6.07, 6.45) is 1.44. The Balaban J connectivity index is 4.26. The maximum atomic E-state index is 10.8. The normalized spacial score (nSPS) is 13.7. The number of primary amides is 1. The van der Waals surface area contributed by atoms with Gasteiger partial charge in [-0.2, -0.15) is 0 Å². The summed E-state index contributed by atoms with van der Waals surface area (Å²) in [6.45, 7) is 7.63. The average molecular weight is 215 g/mol. The molecule has 0 spiro atoms. The zero-order valence-electron chi connectivity index (χ0n) is 9.95. The molecule has 0 fully saturated rings. The number of carbonyl (C=O) groups excluding carboxylic acids is 2. The minimum atomic E-state index is -0.797. The first-order chi connectivity index (χ1) is 6.76. The summed E-state index contributed by atoms with van der Waals surface area (Å²) >= 11 is 0. The Morgan fingerprint density at radius 1 is 1.47 bits per heavy atom. The fourth-order valence-electron chi connectivity index (χ4n) is 1.74. The molecule has 1 atom stereocenters. The van der Waals surface area contributed by atoms with Crippen LogP contribution in [-0.4, -0.2) is 18.0 Å². The fourth-order valence-corrected chi connectivity index (χ4v) is 1.74. The highest BCUT2D eigenvalue weighted by molar-refractivity contribution is 5.65. The van der Waals surface area contributed by atoms with Crippen LogP contribution in [0.2, 0.25) is 0 Å². The molecule has 0 aliphatic heterocycles. The van der Waals surface area contributed by atoms with Gasteiger partial charge in [0.2, 0.25) is 0 Å². The lowest BCUT2D eigenvalue weighted by molar-refractivity contribution is -0.113. The van der Waals surface area contributed by atoms with Crippen LogP contribution in [0.25, 0.3) is 0 Å². The monoisotopic (exact) mass is 215 g/mol. The lowest BCUT2D eigenvalue weighted by Crippen LogP contribution is -2.33. The largest absolute Gasteiger partial charge is 0.444 e. The number of amides is 1. The second-order valence-electron chi connectivity index (χ2n) is 4.91. The number of hydrogen-bond donors (Lipinski definition) is 1. The van der Waals surface area contributed by atoms with E-state index in [1.165, 1.54) is 0 Å². The van der Waals surface area contributed by atoms with Crippen LogP contribution in [0.4, 0.5) is 4.79 Å². The predicted molar refractivity (Wildman–Crippen MR) is 58.4 cm³/mol. The van der Waals surface area contributed by atoms with Gasteiger partial charge in [0.25, 0.3) is 0 Å². The smallest absolute Gasteiger partial charge is 0.405 e. The van der Waals surface area contributed by atoms with Gasteiger partial charge in [-0.15, -0.1) is 0 Å². The SMILES string of the molecule is CC(C)CC(C=O)CC(C)(C)OC(N)=O. The molecule has 0 aromatic heterocycles. The minimum Gasteiger partial charge on any atom is -0.444 e. The Morgan fingerprint density at radius 2 is 2.00 bits per heavy atom. The zero-order valence-corrected chi connectivity index (χ0v) is 9.95. The van der Waals surface area contributed by atoms with Crippen LogP contribution in [0.1, 0.15) is 40.5 Å². The Morgan fingerprint density at radius 3 is 2.33 bits per heavy atom. The number of aldehydes is 1. The van der Waals surface area contributed by atoms with Crippen molar-refractivity contribution >= 4 is 12.4 Å². The number of ether oxygens (including phenoxy) is 1. The minimum absolute atomic E-state index is 0.0839. The summed E-state index contributed by atoms with van der Waals surface area (Å²) < 4.78 is 4.93. The van der Waals surface area contributed by atoms with Crippen LogP contribution in [0.5, 0.6) is 0 Å². The van der Waals surface area contributed by atoms with Gasteiger partial charge < -0.3 is 15.3 Å². The molecule has 0 aromatic carbocycles. The topological polar surface area (TPSA) is 69.4 Å². The molecule has 88 valence electrons. The van der Waals surface area contributed by atoms with Crippen LogP contribution >= 0.6 is 0 Å². The van der Waals surface area contributed by atoms with Gasteiger partial charge >= 0.3 is 6.09 Å². The highest BCUT2D eigenvalue weighted by Crippen LogP contribution is 2.23. The molecule has 1 amide bonds. The van der Waals surface area contributed by atoms with E-state index in [4.69, 9.17) is 10.5 Å². The number of hydrogen-bond acceptors (Lipinski definition) is 3. The van der Waals surface area contributed by atoms with Crippen molar-refractivity contribution in [1.29, 1.82) is 0 Å². The van der Waals surface area contributed by atoms with E-state index in [0.29, 0.717) is 12.3 Å². The van der Waals surface area contributed by atoms with E-state index in [-0.39, 0.29) is 5.92 Å². The molecule has 15 heavy (non-hydrogen) atoms. The first-order valence-corrected chi connectivity index (χ1v) is 5.20. The maximum Gasteiger partial charge on any atom is 0.405 e. The average Bonchev–Trinajstić information content (AvgIpc) is 1.98. The lowest BCUT2D eigenvalue weighted by Gasteiger charge is -2.27. The molecular formula is C11H21NO3. The van der Waals surface area contributed by atoms with Gasteiger partial charge in [-0.25, -0.2) is 4.79 Å². The van der Waals surface area contributed by atoms with E-state index in [9.17, 15) is 9.59 Å². The summed E-state index contributed by atoms with van der Waals surface area (Å²) in [7, 11) is 0. The quantitative estimate of drug-likeness (QED) is 0.690. The third kappa shape index (κ3) is 6.94. The Kier molecular flexibility index (Phi) is 5.33. The second-order valence-corrected chi connectivity index (χ2v) is 4.91. The molecule has 4 heteroatoms. The van der Waals surface area contributed by atoms with Gasteiger partial charge in [0.05, 0.1) is 0 Å². The molecular weight excluding hydrogens is 194 g/mol. The Hall–Kier alpha value is -1.06. The fraction of sp³-hybridized carbons (Fsp3) is 0.818. The van der Waals surface area contributed by atoms with Gasteiger partial charge in [0.15, 0.2) is 0 Å². The molecule has 0 aromatic rings. The lowest BCUT2D eigenvalue weighted by atomic mass is 9.88. The van der Waals surface area contributed by atoms with Crippen molar-refractivity contribution in [2.75, 3.05) is 0 Å². The zero-order chi connectivity index (χ0) is 12.1. The van der Waals surface area contributed by atoms with E-state index in [0.717, 1.165) is 12.7 Å². The van der Waals surface area contributed by atoms with Crippen molar-refractivity contribution < 1.29 is 14.3 Å². The number of rotatable bonds is 6. The molecule has 0 saturated heterocycles. The second kappa shape index (κ2) is 5.73. The van der Waals surface area contributed by atoms with Crippen molar-refractivity contribution in [1.82, 2.24) is 0 Å². The van der Waals surface area contributed by atoms with Crippen molar-refractivity contribution in [3.05, 3.63) is 0 Å². The van der Waals surface area contributed by atoms with Crippen molar-refractivity contribution in [3.63, 3.8) is 0 Å². The molecule has 0 bridgehead atoms. The Labute approximate surface area is 91.2 Å². The molecule has 0 aliphatic rings. The van der Waals surface area contributed by atoms with Gasteiger partial charge in [-0.3, -0.25) is 0 Å². The molecule has 0 aliphatic carbocycles. The summed E-state index contributed by atoms with van der Waals surface area (Å²) in [5.74, 6) is 0.365. The predicted octanol–water partition coefficient (Wildman–Crippen LogP) is 2.11. The van der Waals surface area contributed by atoms with Crippen LogP contribution in [0.15, 0.2) is 0 Å². The highest BCUT2D eigenvalue weighted by atomic mass is 16.6. The molecule has 0 saturated carbocycles. The molecule has 4 nitrogen and oxygen atoms in total. The van der Waals surface area contributed by atoms with E-state index in [2.05, 4.69) is 13.8 Å². The van der Waals surface area contributed by atoms with Gasteiger partial charge in [-0.05, 0) is 32.6 Å². The number of nitrogens with two attached hydrogens (primary N) is 1. The third-order valence-electron chi connectivity index (χ3n) is 2.10. The van der Waals surface area contributed by atoms with E-state index >= 15 is 0 Å². The third-order valence-corrected chi connectivity index (χ3v) is 2.10. The summed E-state index contributed by atoms with van der Waals surface area (Å²) in [4.78, 5) is 21.5. The first-order valence-electron chi connectivity index (χ1n) is 5.20. The molecule has 1 unspecified atom stereocenters. The van der Waals surface area contributed by atoms with Crippen LogP contribution in [0, 0.1) is 11.8 Å². The molecule has 0 rings (SSSR count). The maximum absolute atomic E-state index is 10.8. The van der Waals surface area contributed by atoms with Gasteiger partial charge in [0.1, 0.15) is 11.9 Å². The molecule has 0 radical (unpaired) electrons. The summed E-state index contributed by atoms with van der Waals surface area (Å²) in [5.41, 5.74) is 4.27. The van der Waals surface area contributed by atoms with E-state index in [1.54, 1.807) is 13.8 Å². The standard InChI is InChI=1S/C11H21NO3/c1-8(2)5-9(7-13)6-11(3,4)15-10(12)14/h7-9H,5-6H2,1-4H3,(H2,12,14). The summed E-state index contributed by atoms with van der Waals surface area (Å²) in [5, 5.41) is 0. The van der Waals surface area contributed by atoms with Crippen LogP contribution < -0.4 is 5.73 Å². The highest BCUT2D eigenvalue weighted by Gasteiger charge is 2.26. The first kappa shape index (κ1) is 13.9. The van der Waals surface area contributed by atoms with Crippen LogP contribution in [0.3, 0.4) is 0 Å². The summed E-state index contributed by atoms with van der Waals surface area (Å²) in [6, 6.07) is 0. The van der Waals surface area contributed by atoms with Gasteiger partial charge in [0, 0.05) is 5.92 Å². The molecule has 2 N–H and O–H groups in total. The number of carbonyl (C=O) groups is 2. The Bertz CT molecular complexity index is 224. The van der Waals surface area contributed by atoms with Crippen molar-refractivity contribution in [2.24, 2.45) is 17.6 Å². The van der Waals surface area contributed by atoms with Crippen LogP contribution in [-0.2, 0) is 9.53 Å².